The van der Waals surface area contributed by atoms with E-state index in [2.05, 4.69) is 105 Å². The summed E-state index contributed by atoms with van der Waals surface area (Å²) in [6.07, 6.45) is 0. The zero-order valence-corrected chi connectivity index (χ0v) is 20.5. The molecule has 0 radical (unpaired) electrons. The Bertz CT molecular complexity index is 519. The van der Waals surface area contributed by atoms with Crippen LogP contribution < -0.4 is 0 Å². The predicted octanol–water partition coefficient (Wildman–Crippen LogP) is 9.07. The van der Waals surface area contributed by atoms with Crippen molar-refractivity contribution in [1.82, 2.24) is 0 Å². The van der Waals surface area contributed by atoms with Crippen LogP contribution in [0.3, 0.4) is 0 Å². The van der Waals surface area contributed by atoms with Crippen molar-refractivity contribution in [3.8, 4) is 0 Å². The first-order chi connectivity index (χ1) is 12.5. The van der Waals surface area contributed by atoms with E-state index in [1.54, 1.807) is 0 Å². The van der Waals surface area contributed by atoms with Crippen molar-refractivity contribution in [1.29, 1.82) is 0 Å². The van der Waals surface area contributed by atoms with Crippen LogP contribution in [0.15, 0.2) is 66.6 Å². The third kappa shape index (κ3) is 20.7. The quantitative estimate of drug-likeness (QED) is 0.337. The average molecular weight is 389 g/mol. The highest BCUT2D eigenvalue weighted by molar-refractivity contribution is 7.80. The van der Waals surface area contributed by atoms with Gasteiger partial charge in [0.05, 0.1) is 0 Å². The van der Waals surface area contributed by atoms with Crippen LogP contribution in [0.1, 0.15) is 72.1 Å². The molecule has 0 amide bonds. The second-order valence-electron chi connectivity index (χ2n) is 7.68. The molecule has 27 heavy (non-hydrogen) atoms. The molecule has 0 fully saturated rings. The Morgan fingerprint density at radius 1 is 0.704 bits per heavy atom. The summed E-state index contributed by atoms with van der Waals surface area (Å²) in [6.45, 7) is 27.4. The summed E-state index contributed by atoms with van der Waals surface area (Å²) < 4.78 is 0. The molecule has 0 heterocycles. The molecule has 0 aliphatic heterocycles. The molecule has 154 valence electrons. The van der Waals surface area contributed by atoms with Gasteiger partial charge in [0, 0.05) is 4.90 Å². The molecule has 0 saturated carbocycles. The molecule has 0 N–H and O–H groups in total. The lowest BCUT2D eigenvalue weighted by atomic mass is 9.87. The molecule has 0 atom stereocenters. The third-order valence-electron chi connectivity index (χ3n) is 2.95. The first kappa shape index (κ1) is 30.3. The fraction of sp³-hybridized carbons (Fsp3) is 0.462. The van der Waals surface area contributed by atoms with Crippen molar-refractivity contribution in [2.45, 2.75) is 79.5 Å². The van der Waals surface area contributed by atoms with Gasteiger partial charge in [-0.05, 0) is 42.9 Å². The van der Waals surface area contributed by atoms with E-state index < -0.39 is 0 Å². The third-order valence-corrected chi connectivity index (χ3v) is 3.25. The molecule has 0 saturated heterocycles. The van der Waals surface area contributed by atoms with Gasteiger partial charge in [-0.2, -0.15) is 0 Å². The van der Waals surface area contributed by atoms with Crippen LogP contribution in [0, 0.1) is 19.8 Å². The molecule has 1 heteroatoms. The van der Waals surface area contributed by atoms with Crippen LogP contribution >= 0.6 is 12.6 Å². The van der Waals surface area contributed by atoms with Crippen LogP contribution in [0.25, 0.3) is 0 Å². The van der Waals surface area contributed by atoms with Gasteiger partial charge in [-0.3, -0.25) is 0 Å². The lowest BCUT2D eigenvalue weighted by Gasteiger charge is -2.18. The Labute approximate surface area is 176 Å². The maximum Gasteiger partial charge on any atom is 0.00401 e. The van der Waals surface area contributed by atoms with E-state index in [9.17, 15) is 0 Å². The highest BCUT2D eigenvalue weighted by atomic mass is 32.1. The van der Waals surface area contributed by atoms with E-state index in [1.165, 1.54) is 16.7 Å². The van der Waals surface area contributed by atoms with Crippen LogP contribution in [-0.4, -0.2) is 0 Å². The van der Waals surface area contributed by atoms with Crippen molar-refractivity contribution in [2.24, 2.45) is 5.92 Å². The van der Waals surface area contributed by atoms with Crippen molar-refractivity contribution >= 4 is 12.6 Å². The lowest BCUT2D eigenvalue weighted by molar-refractivity contribution is 0.590. The van der Waals surface area contributed by atoms with E-state index >= 15 is 0 Å². The fourth-order valence-corrected chi connectivity index (χ4v) is 1.75. The Balaban J connectivity index is -0.000000317. The second kappa shape index (κ2) is 17.9. The first-order valence-corrected chi connectivity index (χ1v) is 10.3. The van der Waals surface area contributed by atoms with Crippen molar-refractivity contribution in [3.63, 3.8) is 0 Å². The minimum absolute atomic E-state index is 0.285. The molecule has 0 nitrogen and oxygen atoms in total. The SMILES string of the molecule is C=C.CC.CC(C)C.Cc1ccc(C(C)(C)C)cc1.Cc1ccc(S)cc1. The van der Waals surface area contributed by atoms with Gasteiger partial charge < -0.3 is 0 Å². The normalized spacial score (nSPS) is 9.19. The van der Waals surface area contributed by atoms with Crippen molar-refractivity contribution in [2.75, 3.05) is 0 Å². The van der Waals surface area contributed by atoms with Crippen molar-refractivity contribution < 1.29 is 0 Å². The molecule has 2 aromatic carbocycles. The summed E-state index contributed by atoms with van der Waals surface area (Å²) in [4.78, 5) is 1.02. The standard InChI is InChI=1S/C11H16.C7H8S.C4H10.C2H6.C2H4/c1-9-5-7-10(8-6-9)11(2,3)4;1-6-2-4-7(8)5-3-6;1-4(2)3;2*1-2/h5-8H,1-4H3;2-5,8H,1H3;4H,1-3H3;1-2H3;1-2H2. The molecular weight excluding hydrogens is 344 g/mol. The topological polar surface area (TPSA) is 0 Å². The molecule has 0 bridgehead atoms. The Morgan fingerprint density at radius 2 is 0.963 bits per heavy atom. The van der Waals surface area contributed by atoms with E-state index in [4.69, 9.17) is 0 Å². The van der Waals surface area contributed by atoms with Crippen LogP contribution in [0.2, 0.25) is 0 Å². The van der Waals surface area contributed by atoms with Gasteiger partial charge in [0.1, 0.15) is 0 Å². The molecule has 2 aromatic rings. The maximum absolute atomic E-state index is 4.13. The molecule has 0 aromatic heterocycles. The average Bonchev–Trinajstić information content (AvgIpc) is 2.61. The zero-order valence-electron chi connectivity index (χ0n) is 19.6. The molecule has 0 unspecified atom stereocenters. The number of rotatable bonds is 0. The molecular formula is C26H44S. The van der Waals surface area contributed by atoms with Gasteiger partial charge in [-0.1, -0.05) is 103 Å². The summed E-state index contributed by atoms with van der Waals surface area (Å²) in [6, 6.07) is 16.8. The van der Waals surface area contributed by atoms with Gasteiger partial charge in [-0.15, -0.1) is 25.8 Å². The van der Waals surface area contributed by atoms with Crippen molar-refractivity contribution in [3.05, 3.63) is 78.4 Å². The Kier molecular flexibility index (Phi) is 20.1. The van der Waals surface area contributed by atoms with Gasteiger partial charge >= 0.3 is 0 Å². The number of thiol groups is 1. The second-order valence-corrected chi connectivity index (χ2v) is 8.20. The summed E-state index contributed by atoms with van der Waals surface area (Å²) in [5.41, 5.74) is 4.30. The summed E-state index contributed by atoms with van der Waals surface area (Å²) >= 11 is 4.13. The molecule has 0 aliphatic carbocycles. The highest BCUT2D eigenvalue weighted by Gasteiger charge is 2.11. The number of hydrogen-bond donors (Lipinski definition) is 1. The molecule has 0 spiro atoms. The smallest absolute Gasteiger partial charge is 0.00401 e. The minimum atomic E-state index is 0.285. The van der Waals surface area contributed by atoms with Crippen LogP contribution in [0.4, 0.5) is 0 Å². The highest BCUT2D eigenvalue weighted by Crippen LogP contribution is 2.21. The van der Waals surface area contributed by atoms with E-state index in [0.29, 0.717) is 0 Å². The van der Waals surface area contributed by atoms with Gasteiger partial charge in [0.25, 0.3) is 0 Å². The van der Waals surface area contributed by atoms with E-state index in [-0.39, 0.29) is 5.41 Å². The minimum Gasteiger partial charge on any atom is -0.143 e. The monoisotopic (exact) mass is 388 g/mol. The largest absolute Gasteiger partial charge is 0.143 e. The summed E-state index contributed by atoms with van der Waals surface area (Å²) in [7, 11) is 0. The Hall–Kier alpha value is -1.47. The predicted molar refractivity (Wildman–Crippen MR) is 131 cm³/mol. The van der Waals surface area contributed by atoms with Gasteiger partial charge in [0.15, 0.2) is 0 Å². The number of aryl methyl sites for hydroxylation is 2. The van der Waals surface area contributed by atoms with Crippen LogP contribution in [-0.2, 0) is 5.41 Å². The van der Waals surface area contributed by atoms with E-state index in [0.717, 1.165) is 10.8 Å². The zero-order chi connectivity index (χ0) is 22.0. The molecule has 2 rings (SSSR count). The van der Waals surface area contributed by atoms with Gasteiger partial charge in [-0.25, -0.2) is 0 Å². The Morgan fingerprint density at radius 3 is 1.19 bits per heavy atom. The first-order valence-electron chi connectivity index (χ1n) is 9.85. The summed E-state index contributed by atoms with van der Waals surface area (Å²) in [5.74, 6) is 0.833. The number of hydrogen-bond acceptors (Lipinski definition) is 1. The number of benzene rings is 2. The van der Waals surface area contributed by atoms with E-state index in [1.807, 2.05) is 38.1 Å². The summed E-state index contributed by atoms with van der Waals surface area (Å²) in [5, 5.41) is 0. The van der Waals surface area contributed by atoms with Gasteiger partial charge in [0.2, 0.25) is 0 Å². The lowest BCUT2D eigenvalue weighted by Crippen LogP contribution is -2.10. The fourth-order valence-electron chi connectivity index (χ4n) is 1.60. The van der Waals surface area contributed by atoms with Crippen LogP contribution in [0.5, 0.6) is 0 Å². The molecule has 0 aliphatic rings. The maximum atomic E-state index is 4.13.